The lowest BCUT2D eigenvalue weighted by Crippen LogP contribution is -2.38. The molecule has 1 aliphatic carbocycles. The van der Waals surface area contributed by atoms with Gasteiger partial charge in [-0.15, -0.1) is 0 Å². The molecule has 0 N–H and O–H groups in total. The molecule has 1 rings (SSSR count). The number of rotatable bonds is 2. The van der Waals surface area contributed by atoms with Gasteiger partial charge in [0.05, 0.1) is 0 Å². The minimum atomic E-state index is -0.0353. The minimum absolute atomic E-state index is 0.0353. The summed E-state index contributed by atoms with van der Waals surface area (Å²) in [5, 5.41) is 0. The molecule has 0 amide bonds. The van der Waals surface area contributed by atoms with Crippen LogP contribution in [-0.2, 0) is 4.79 Å². The average molecular weight is 182 g/mol. The monoisotopic (exact) mass is 182 g/mol. The number of carbonyl (C=O) groups is 1. The smallest absolute Gasteiger partial charge is 0.139 e. The molecule has 0 aromatic heterocycles. The van der Waals surface area contributed by atoms with Crippen molar-refractivity contribution in [2.45, 2.75) is 53.9 Å². The molecule has 0 aromatic carbocycles. The highest BCUT2D eigenvalue weighted by Gasteiger charge is 2.55. The van der Waals surface area contributed by atoms with Gasteiger partial charge < -0.3 is 0 Å². The highest BCUT2D eigenvalue weighted by molar-refractivity contribution is 5.88. The van der Waals surface area contributed by atoms with Crippen molar-refractivity contribution in [2.75, 3.05) is 0 Å². The quantitative estimate of drug-likeness (QED) is 0.639. The SMILES string of the molecule is CCC1(CC)C(=O)CC(C)C1(C)C. The largest absolute Gasteiger partial charge is 0.299 e. The molecule has 0 aromatic rings. The third-order valence-electron chi connectivity index (χ3n) is 4.70. The standard InChI is InChI=1S/C12H22O/c1-6-12(7-2)10(13)8-9(3)11(12,4)5/h9H,6-8H2,1-5H3. The summed E-state index contributed by atoms with van der Waals surface area (Å²) in [4.78, 5) is 12.0. The summed E-state index contributed by atoms with van der Waals surface area (Å²) in [5.41, 5.74) is 0.153. The Kier molecular flexibility index (Phi) is 2.57. The second kappa shape index (κ2) is 3.11. The van der Waals surface area contributed by atoms with E-state index in [0.717, 1.165) is 19.3 Å². The van der Waals surface area contributed by atoms with Crippen molar-refractivity contribution in [2.24, 2.45) is 16.7 Å². The third-order valence-corrected chi connectivity index (χ3v) is 4.70. The predicted octanol–water partition coefficient (Wildman–Crippen LogP) is 3.43. The van der Waals surface area contributed by atoms with Crippen molar-refractivity contribution in [1.29, 1.82) is 0 Å². The Morgan fingerprint density at radius 3 is 1.92 bits per heavy atom. The van der Waals surface area contributed by atoms with Crippen molar-refractivity contribution in [3.8, 4) is 0 Å². The summed E-state index contributed by atoms with van der Waals surface area (Å²) >= 11 is 0. The Bertz CT molecular complexity index is 211. The van der Waals surface area contributed by atoms with Crippen LogP contribution in [0.4, 0.5) is 0 Å². The second-order valence-electron chi connectivity index (χ2n) is 5.04. The average Bonchev–Trinajstić information content (AvgIpc) is 2.21. The molecule has 0 spiro atoms. The molecule has 76 valence electrons. The van der Waals surface area contributed by atoms with Gasteiger partial charge in [-0.2, -0.15) is 0 Å². The molecule has 1 unspecified atom stereocenters. The van der Waals surface area contributed by atoms with E-state index in [1.165, 1.54) is 0 Å². The first-order valence-corrected chi connectivity index (χ1v) is 5.45. The molecule has 0 saturated heterocycles. The lowest BCUT2D eigenvalue weighted by atomic mass is 9.62. The number of ketones is 1. The lowest BCUT2D eigenvalue weighted by Gasteiger charge is -2.41. The van der Waals surface area contributed by atoms with Gasteiger partial charge in [-0.25, -0.2) is 0 Å². The molecule has 0 bridgehead atoms. The maximum absolute atomic E-state index is 12.0. The number of hydrogen-bond acceptors (Lipinski definition) is 1. The van der Waals surface area contributed by atoms with Crippen LogP contribution >= 0.6 is 0 Å². The van der Waals surface area contributed by atoms with E-state index in [-0.39, 0.29) is 10.8 Å². The molecular formula is C12H22O. The minimum Gasteiger partial charge on any atom is -0.299 e. The van der Waals surface area contributed by atoms with Crippen molar-refractivity contribution in [3.05, 3.63) is 0 Å². The summed E-state index contributed by atoms with van der Waals surface area (Å²) in [6.07, 6.45) is 2.79. The zero-order chi connectivity index (χ0) is 10.3. The molecule has 1 fully saturated rings. The molecule has 1 atom stereocenters. The Balaban J connectivity index is 3.12. The highest BCUT2D eigenvalue weighted by atomic mass is 16.1. The van der Waals surface area contributed by atoms with Crippen LogP contribution in [0.3, 0.4) is 0 Å². The molecule has 1 nitrogen and oxygen atoms in total. The highest BCUT2D eigenvalue weighted by Crippen LogP contribution is 2.57. The van der Waals surface area contributed by atoms with E-state index < -0.39 is 0 Å². The maximum atomic E-state index is 12.0. The Hall–Kier alpha value is -0.330. The summed E-state index contributed by atoms with van der Waals surface area (Å²) in [7, 11) is 0. The van der Waals surface area contributed by atoms with E-state index >= 15 is 0 Å². The van der Waals surface area contributed by atoms with Gasteiger partial charge >= 0.3 is 0 Å². The molecule has 1 aliphatic rings. The van der Waals surface area contributed by atoms with Gasteiger partial charge in [0.25, 0.3) is 0 Å². The van der Waals surface area contributed by atoms with E-state index in [1.807, 2.05) is 0 Å². The first kappa shape index (κ1) is 10.7. The second-order valence-corrected chi connectivity index (χ2v) is 5.04. The van der Waals surface area contributed by atoms with Gasteiger partial charge in [-0.1, -0.05) is 34.6 Å². The van der Waals surface area contributed by atoms with E-state index in [4.69, 9.17) is 0 Å². The van der Waals surface area contributed by atoms with Crippen molar-refractivity contribution < 1.29 is 4.79 Å². The summed E-state index contributed by atoms with van der Waals surface area (Å²) in [6.45, 7) is 11.0. The van der Waals surface area contributed by atoms with Gasteiger partial charge in [-0.3, -0.25) is 4.79 Å². The molecule has 0 aliphatic heterocycles. The van der Waals surface area contributed by atoms with Crippen LogP contribution < -0.4 is 0 Å². The first-order chi connectivity index (χ1) is 5.92. The van der Waals surface area contributed by atoms with Crippen molar-refractivity contribution >= 4 is 5.78 Å². The molecule has 1 saturated carbocycles. The Labute approximate surface area is 81.9 Å². The summed E-state index contributed by atoms with van der Waals surface area (Å²) in [6, 6.07) is 0. The molecular weight excluding hydrogens is 160 g/mol. The van der Waals surface area contributed by atoms with Gasteiger partial charge in [0.15, 0.2) is 0 Å². The van der Waals surface area contributed by atoms with Crippen LogP contribution in [0.25, 0.3) is 0 Å². The Morgan fingerprint density at radius 1 is 1.31 bits per heavy atom. The van der Waals surface area contributed by atoms with Crippen LogP contribution in [0.1, 0.15) is 53.9 Å². The zero-order valence-corrected chi connectivity index (χ0v) is 9.61. The Morgan fingerprint density at radius 2 is 1.77 bits per heavy atom. The van der Waals surface area contributed by atoms with Crippen LogP contribution in [0.15, 0.2) is 0 Å². The third kappa shape index (κ3) is 1.16. The molecule has 13 heavy (non-hydrogen) atoms. The summed E-state index contributed by atoms with van der Waals surface area (Å²) < 4.78 is 0. The van der Waals surface area contributed by atoms with E-state index in [2.05, 4.69) is 34.6 Å². The van der Waals surface area contributed by atoms with Gasteiger partial charge in [0, 0.05) is 11.8 Å². The fourth-order valence-corrected chi connectivity index (χ4v) is 3.12. The number of Topliss-reactive ketones (excluding diaryl/α,β-unsaturated/α-hetero) is 1. The molecule has 0 heterocycles. The fourth-order valence-electron chi connectivity index (χ4n) is 3.12. The fraction of sp³-hybridized carbons (Fsp3) is 0.917. The van der Waals surface area contributed by atoms with Crippen LogP contribution in [0.2, 0.25) is 0 Å². The number of carbonyl (C=O) groups excluding carboxylic acids is 1. The van der Waals surface area contributed by atoms with Crippen LogP contribution in [0, 0.1) is 16.7 Å². The maximum Gasteiger partial charge on any atom is 0.139 e. The topological polar surface area (TPSA) is 17.1 Å². The zero-order valence-electron chi connectivity index (χ0n) is 9.61. The van der Waals surface area contributed by atoms with Gasteiger partial charge in [-0.05, 0) is 24.2 Å². The van der Waals surface area contributed by atoms with Crippen molar-refractivity contribution in [3.63, 3.8) is 0 Å². The van der Waals surface area contributed by atoms with Gasteiger partial charge in [0.2, 0.25) is 0 Å². The molecule has 0 radical (unpaired) electrons. The van der Waals surface area contributed by atoms with Gasteiger partial charge in [0.1, 0.15) is 5.78 Å². The van der Waals surface area contributed by atoms with E-state index in [1.54, 1.807) is 0 Å². The first-order valence-electron chi connectivity index (χ1n) is 5.45. The predicted molar refractivity (Wildman–Crippen MR) is 55.6 cm³/mol. The number of hydrogen-bond donors (Lipinski definition) is 0. The van der Waals surface area contributed by atoms with E-state index in [9.17, 15) is 4.79 Å². The van der Waals surface area contributed by atoms with E-state index in [0.29, 0.717) is 11.7 Å². The normalized spacial score (nSPS) is 30.8. The van der Waals surface area contributed by atoms with Crippen molar-refractivity contribution in [1.82, 2.24) is 0 Å². The lowest BCUT2D eigenvalue weighted by molar-refractivity contribution is -0.130. The summed E-state index contributed by atoms with van der Waals surface area (Å²) in [5.74, 6) is 1.04. The molecule has 1 heteroatoms. The van der Waals surface area contributed by atoms with Crippen LogP contribution in [-0.4, -0.2) is 5.78 Å². The van der Waals surface area contributed by atoms with Crippen LogP contribution in [0.5, 0.6) is 0 Å².